The normalized spacial score (nSPS) is 30.6. The standard InChI is InChI=1S/C16H28O3S/c1-16(10-6-3-7-13-20(16,17)18)11-12-19-14-15-8-4-2-5-9-15/h14H,2-13H2,1H3. The zero-order valence-electron chi connectivity index (χ0n) is 12.7. The molecule has 0 bridgehead atoms. The number of sulfone groups is 1. The topological polar surface area (TPSA) is 43.4 Å². The van der Waals surface area contributed by atoms with Crippen molar-refractivity contribution in [3.63, 3.8) is 0 Å². The van der Waals surface area contributed by atoms with Gasteiger partial charge in [0, 0.05) is 6.42 Å². The van der Waals surface area contributed by atoms with Gasteiger partial charge in [-0.2, -0.15) is 0 Å². The Balaban J connectivity index is 1.85. The highest BCUT2D eigenvalue weighted by Crippen LogP contribution is 2.32. The fourth-order valence-corrected chi connectivity index (χ4v) is 5.15. The smallest absolute Gasteiger partial charge is 0.155 e. The van der Waals surface area contributed by atoms with Gasteiger partial charge in [0.05, 0.1) is 23.4 Å². The summed E-state index contributed by atoms with van der Waals surface area (Å²) in [5, 5.41) is 0. The Labute approximate surface area is 123 Å². The molecule has 116 valence electrons. The third-order valence-electron chi connectivity index (χ3n) is 4.86. The highest BCUT2D eigenvalue weighted by Gasteiger charge is 2.39. The maximum absolute atomic E-state index is 12.3. The van der Waals surface area contributed by atoms with Crippen LogP contribution in [0.4, 0.5) is 0 Å². The molecule has 0 amide bonds. The molecule has 1 unspecified atom stereocenters. The van der Waals surface area contributed by atoms with Crippen molar-refractivity contribution in [1.29, 1.82) is 0 Å². The van der Waals surface area contributed by atoms with Gasteiger partial charge in [0.25, 0.3) is 0 Å². The number of hydrogen-bond acceptors (Lipinski definition) is 3. The molecule has 2 aliphatic rings. The maximum atomic E-state index is 12.3. The van der Waals surface area contributed by atoms with Gasteiger partial charge in [-0.3, -0.25) is 0 Å². The fraction of sp³-hybridized carbons (Fsp3) is 0.875. The lowest BCUT2D eigenvalue weighted by atomic mass is 9.96. The maximum Gasteiger partial charge on any atom is 0.155 e. The van der Waals surface area contributed by atoms with Crippen molar-refractivity contribution in [2.75, 3.05) is 12.4 Å². The second kappa shape index (κ2) is 6.97. The lowest BCUT2D eigenvalue weighted by molar-refractivity contribution is 0.222. The van der Waals surface area contributed by atoms with Gasteiger partial charge in [-0.25, -0.2) is 8.42 Å². The number of ether oxygens (including phenoxy) is 1. The summed E-state index contributed by atoms with van der Waals surface area (Å²) in [7, 11) is -2.97. The summed E-state index contributed by atoms with van der Waals surface area (Å²) in [5.74, 6) is 0.352. The van der Waals surface area contributed by atoms with Crippen molar-refractivity contribution in [2.24, 2.45) is 0 Å². The zero-order valence-corrected chi connectivity index (χ0v) is 13.5. The van der Waals surface area contributed by atoms with Crippen molar-refractivity contribution in [1.82, 2.24) is 0 Å². The first-order valence-electron chi connectivity index (χ1n) is 8.05. The van der Waals surface area contributed by atoms with Gasteiger partial charge in [-0.15, -0.1) is 0 Å². The van der Waals surface area contributed by atoms with Crippen LogP contribution in [0.3, 0.4) is 0 Å². The van der Waals surface area contributed by atoms with E-state index >= 15 is 0 Å². The van der Waals surface area contributed by atoms with Crippen molar-refractivity contribution in [3.05, 3.63) is 11.8 Å². The van der Waals surface area contributed by atoms with E-state index in [1.165, 1.54) is 24.8 Å². The Morgan fingerprint density at radius 3 is 2.55 bits per heavy atom. The summed E-state index contributed by atoms with van der Waals surface area (Å²) in [6.07, 6.45) is 12.3. The molecule has 2 rings (SSSR count). The van der Waals surface area contributed by atoms with Gasteiger partial charge in [0.1, 0.15) is 0 Å². The summed E-state index contributed by atoms with van der Waals surface area (Å²) in [6, 6.07) is 0. The van der Waals surface area contributed by atoms with Gasteiger partial charge in [-0.1, -0.05) is 19.3 Å². The summed E-state index contributed by atoms with van der Waals surface area (Å²) in [6.45, 7) is 2.43. The highest BCUT2D eigenvalue weighted by atomic mass is 32.2. The summed E-state index contributed by atoms with van der Waals surface area (Å²) in [4.78, 5) is 0. The van der Waals surface area contributed by atoms with Crippen LogP contribution >= 0.6 is 0 Å². The minimum absolute atomic E-state index is 0.352. The van der Waals surface area contributed by atoms with Crippen LogP contribution in [0.2, 0.25) is 0 Å². The third kappa shape index (κ3) is 4.00. The summed E-state index contributed by atoms with van der Waals surface area (Å²) in [5.41, 5.74) is 1.39. The summed E-state index contributed by atoms with van der Waals surface area (Å²) >= 11 is 0. The van der Waals surface area contributed by atoms with Gasteiger partial charge in [-0.05, 0) is 51.0 Å². The molecule has 0 aromatic rings. The minimum Gasteiger partial charge on any atom is -0.501 e. The van der Waals surface area contributed by atoms with Crippen LogP contribution in [-0.4, -0.2) is 25.5 Å². The van der Waals surface area contributed by atoms with E-state index in [0.29, 0.717) is 18.8 Å². The Hall–Kier alpha value is -0.510. The van der Waals surface area contributed by atoms with Crippen molar-refractivity contribution < 1.29 is 13.2 Å². The van der Waals surface area contributed by atoms with E-state index in [-0.39, 0.29) is 0 Å². The molecule has 20 heavy (non-hydrogen) atoms. The molecule has 1 heterocycles. The Morgan fingerprint density at radius 1 is 1.10 bits per heavy atom. The molecular formula is C16H28O3S. The Morgan fingerprint density at radius 2 is 1.80 bits per heavy atom. The monoisotopic (exact) mass is 300 g/mol. The summed E-state index contributed by atoms with van der Waals surface area (Å²) < 4.78 is 29.8. The van der Waals surface area contributed by atoms with Gasteiger partial charge >= 0.3 is 0 Å². The Bertz CT molecular complexity index is 431. The minimum atomic E-state index is -2.97. The SMILES string of the molecule is CC1(CCOC=C2CCCCC2)CCCCCS1(=O)=O. The van der Waals surface area contributed by atoms with Crippen LogP contribution in [0.25, 0.3) is 0 Å². The largest absolute Gasteiger partial charge is 0.501 e. The second-order valence-electron chi connectivity index (χ2n) is 6.54. The molecular weight excluding hydrogens is 272 g/mol. The van der Waals surface area contributed by atoms with Gasteiger partial charge in [0.15, 0.2) is 9.84 Å². The van der Waals surface area contributed by atoms with Crippen molar-refractivity contribution >= 4 is 9.84 Å². The van der Waals surface area contributed by atoms with E-state index in [9.17, 15) is 8.42 Å². The molecule has 0 spiro atoms. The zero-order chi connectivity index (χ0) is 14.5. The molecule has 0 aromatic heterocycles. The average molecular weight is 300 g/mol. The van der Waals surface area contributed by atoms with E-state index in [1.54, 1.807) is 0 Å². The van der Waals surface area contributed by atoms with E-state index in [4.69, 9.17) is 4.74 Å². The molecule has 2 fully saturated rings. The Kier molecular flexibility index (Phi) is 5.53. The molecule has 1 saturated heterocycles. The average Bonchev–Trinajstić information content (AvgIpc) is 2.56. The number of allylic oxidation sites excluding steroid dienone is 1. The molecule has 0 radical (unpaired) electrons. The molecule has 3 nitrogen and oxygen atoms in total. The van der Waals surface area contributed by atoms with Gasteiger partial charge in [0.2, 0.25) is 0 Å². The van der Waals surface area contributed by atoms with E-state index < -0.39 is 14.6 Å². The molecule has 4 heteroatoms. The lowest BCUT2D eigenvalue weighted by Crippen LogP contribution is -2.37. The van der Waals surface area contributed by atoms with Crippen LogP contribution in [0.15, 0.2) is 11.8 Å². The molecule has 1 aliphatic heterocycles. The van der Waals surface area contributed by atoms with E-state index in [2.05, 4.69) is 0 Å². The first kappa shape index (κ1) is 15.9. The molecule has 1 saturated carbocycles. The van der Waals surface area contributed by atoms with Crippen LogP contribution < -0.4 is 0 Å². The molecule has 1 aliphatic carbocycles. The highest BCUT2D eigenvalue weighted by molar-refractivity contribution is 7.92. The van der Waals surface area contributed by atoms with Crippen LogP contribution in [0.5, 0.6) is 0 Å². The first-order valence-corrected chi connectivity index (χ1v) is 9.71. The van der Waals surface area contributed by atoms with Gasteiger partial charge < -0.3 is 4.74 Å². The molecule has 0 aromatic carbocycles. The lowest BCUT2D eigenvalue weighted by Gasteiger charge is -2.27. The first-order chi connectivity index (χ1) is 9.54. The molecule has 0 N–H and O–H groups in total. The number of hydrogen-bond donors (Lipinski definition) is 0. The number of rotatable bonds is 4. The van der Waals surface area contributed by atoms with Crippen molar-refractivity contribution in [3.8, 4) is 0 Å². The second-order valence-corrected chi connectivity index (χ2v) is 9.16. The van der Waals surface area contributed by atoms with Crippen LogP contribution in [-0.2, 0) is 14.6 Å². The van der Waals surface area contributed by atoms with Crippen LogP contribution in [0.1, 0.15) is 71.1 Å². The van der Waals surface area contributed by atoms with E-state index in [0.717, 1.165) is 38.5 Å². The predicted molar refractivity (Wildman–Crippen MR) is 82.4 cm³/mol. The van der Waals surface area contributed by atoms with Crippen molar-refractivity contribution in [2.45, 2.75) is 75.9 Å². The van der Waals surface area contributed by atoms with Crippen LogP contribution in [0, 0.1) is 0 Å². The fourth-order valence-electron chi connectivity index (χ4n) is 3.23. The van der Waals surface area contributed by atoms with E-state index in [1.807, 2.05) is 13.2 Å². The molecule has 1 atom stereocenters. The predicted octanol–water partition coefficient (Wildman–Crippen LogP) is 3.99. The quantitative estimate of drug-likeness (QED) is 0.582. The third-order valence-corrected chi connectivity index (χ3v) is 7.60.